The Kier molecular flexibility index (Phi) is 8.88. The maximum absolute atomic E-state index is 12.7. The average Bonchev–Trinajstić information content (AvgIpc) is 3.27. The third-order valence-corrected chi connectivity index (χ3v) is 6.16. The summed E-state index contributed by atoms with van der Waals surface area (Å²) in [6, 6.07) is 25.6. The maximum atomic E-state index is 12.7. The minimum absolute atomic E-state index is 0. The van der Waals surface area contributed by atoms with Crippen LogP contribution in [0.3, 0.4) is 0 Å². The molecule has 0 aliphatic rings. The number of para-hydroxylation sites is 2. The Hall–Kier alpha value is -3.64. The largest absolute Gasteiger partial charge is 0.361 e. The molecule has 5 nitrogen and oxygen atoms in total. The highest BCUT2D eigenvalue weighted by Gasteiger charge is 2.16. The average molecular weight is 520 g/mol. The van der Waals surface area contributed by atoms with Crippen LogP contribution < -0.4 is 15.6 Å². The number of benzene rings is 3. The van der Waals surface area contributed by atoms with Gasteiger partial charge in [0.2, 0.25) is 11.4 Å². The number of rotatable bonds is 6. The summed E-state index contributed by atoms with van der Waals surface area (Å²) in [5.41, 5.74) is 12.4. The van der Waals surface area contributed by atoms with Crippen LogP contribution in [0.4, 0.5) is 5.69 Å². The van der Waals surface area contributed by atoms with Crippen molar-refractivity contribution in [3.8, 4) is 0 Å². The number of aromatic amines is 1. The molecular formula is C29H29Cl2N4O+. The fraction of sp³-hybridized carbons (Fsp3) is 0.103. The predicted molar refractivity (Wildman–Crippen MR) is 154 cm³/mol. The summed E-state index contributed by atoms with van der Waals surface area (Å²) < 4.78 is 2.12. The molecule has 2 aromatic heterocycles. The van der Waals surface area contributed by atoms with Gasteiger partial charge in [-0.1, -0.05) is 54.6 Å². The van der Waals surface area contributed by atoms with Gasteiger partial charge in [-0.2, -0.15) is 0 Å². The summed E-state index contributed by atoms with van der Waals surface area (Å²) in [5, 5.41) is 5.24. The molecule has 0 saturated carbocycles. The molecule has 5 aromatic rings. The van der Waals surface area contributed by atoms with Crippen LogP contribution in [0.5, 0.6) is 0 Å². The van der Waals surface area contributed by atoms with Crippen molar-refractivity contribution in [2.24, 2.45) is 12.8 Å². The lowest BCUT2D eigenvalue weighted by Crippen LogP contribution is -2.37. The normalized spacial score (nSPS) is 11.7. The standard InChI is InChI=1S/C29H26N4O.2ClH/c1-33-17-16-21(25-7-3-5-9-28(25)33)13-10-20-11-14-23(15-12-20)32-29(34)26(30)18-22-19-31-27-8-4-2-6-24(22)27;;/h2-17,19,26,31H,18,30H2,1H3;2*1H/p+1/t26-;;/m0../s1. The molecule has 0 fully saturated rings. The fourth-order valence-electron chi connectivity index (χ4n) is 4.26. The maximum Gasteiger partial charge on any atom is 0.241 e. The molecule has 3 aromatic carbocycles. The zero-order valence-corrected chi connectivity index (χ0v) is 21.5. The van der Waals surface area contributed by atoms with Crippen molar-refractivity contribution >= 4 is 70.4 Å². The fourth-order valence-corrected chi connectivity index (χ4v) is 4.26. The molecule has 0 aliphatic carbocycles. The Morgan fingerprint density at radius 1 is 0.944 bits per heavy atom. The molecule has 0 saturated heterocycles. The quantitative estimate of drug-likeness (QED) is 0.253. The van der Waals surface area contributed by atoms with E-state index in [0.717, 1.165) is 33.3 Å². The van der Waals surface area contributed by atoms with E-state index in [9.17, 15) is 4.79 Å². The van der Waals surface area contributed by atoms with Gasteiger partial charge in [0.15, 0.2) is 6.20 Å². The van der Waals surface area contributed by atoms with Crippen LogP contribution in [0, 0.1) is 0 Å². The summed E-state index contributed by atoms with van der Waals surface area (Å²) in [6.07, 6.45) is 8.66. The second kappa shape index (κ2) is 11.9. The van der Waals surface area contributed by atoms with Crippen molar-refractivity contribution in [1.82, 2.24) is 4.98 Å². The zero-order chi connectivity index (χ0) is 23.5. The van der Waals surface area contributed by atoms with Gasteiger partial charge in [0.25, 0.3) is 0 Å². The second-order valence-electron chi connectivity index (χ2n) is 8.51. The Morgan fingerprint density at radius 2 is 1.64 bits per heavy atom. The summed E-state index contributed by atoms with van der Waals surface area (Å²) in [7, 11) is 2.05. The summed E-state index contributed by atoms with van der Waals surface area (Å²) in [4.78, 5) is 15.9. The highest BCUT2D eigenvalue weighted by molar-refractivity contribution is 5.96. The van der Waals surface area contributed by atoms with E-state index in [1.54, 1.807) is 0 Å². The van der Waals surface area contributed by atoms with Crippen LogP contribution >= 0.6 is 24.8 Å². The monoisotopic (exact) mass is 519 g/mol. The minimum atomic E-state index is -0.633. The number of H-pyrrole nitrogens is 1. The number of aryl methyl sites for hydroxylation is 1. The summed E-state index contributed by atoms with van der Waals surface area (Å²) in [6.45, 7) is 0. The lowest BCUT2D eigenvalue weighted by atomic mass is 10.0. The number of fused-ring (bicyclic) bond motifs is 2. The first-order valence-electron chi connectivity index (χ1n) is 11.4. The van der Waals surface area contributed by atoms with Crippen LogP contribution in [0.1, 0.15) is 16.7 Å². The number of amides is 1. The van der Waals surface area contributed by atoms with E-state index in [1.165, 1.54) is 10.9 Å². The van der Waals surface area contributed by atoms with Gasteiger partial charge in [0.05, 0.1) is 11.4 Å². The van der Waals surface area contributed by atoms with Gasteiger partial charge < -0.3 is 16.0 Å². The highest BCUT2D eigenvalue weighted by atomic mass is 35.5. The van der Waals surface area contributed by atoms with Crippen molar-refractivity contribution in [1.29, 1.82) is 0 Å². The summed E-state index contributed by atoms with van der Waals surface area (Å²) >= 11 is 0. The Bertz CT molecular complexity index is 1510. The first-order chi connectivity index (χ1) is 16.6. The molecule has 1 amide bonds. The molecule has 0 radical (unpaired) electrons. The SMILES string of the molecule is C[n+]1ccc(C=Cc2ccc(NC(=O)[C@@H](N)Cc3c[nH]c4ccccc34)cc2)c2ccccc21.Cl.Cl. The molecular weight excluding hydrogens is 491 g/mol. The van der Waals surface area contributed by atoms with Gasteiger partial charge in [-0.15, -0.1) is 24.8 Å². The topological polar surface area (TPSA) is 74.8 Å². The van der Waals surface area contributed by atoms with Crippen LogP contribution in [-0.4, -0.2) is 16.9 Å². The third-order valence-electron chi connectivity index (χ3n) is 6.16. The summed E-state index contributed by atoms with van der Waals surface area (Å²) in [5.74, 6) is -0.197. The molecule has 0 bridgehead atoms. The molecule has 0 aliphatic heterocycles. The number of nitrogens with one attached hydrogen (secondary N) is 2. The van der Waals surface area contributed by atoms with Gasteiger partial charge in [-0.3, -0.25) is 4.79 Å². The number of nitrogens with zero attached hydrogens (tertiary/aromatic N) is 1. The number of carbonyl (C=O) groups is 1. The molecule has 1 atom stereocenters. The number of hydrogen-bond donors (Lipinski definition) is 3. The molecule has 7 heteroatoms. The number of halogens is 2. The van der Waals surface area contributed by atoms with E-state index in [1.807, 2.05) is 54.7 Å². The van der Waals surface area contributed by atoms with E-state index >= 15 is 0 Å². The number of nitrogens with two attached hydrogens (primary N) is 1. The van der Waals surface area contributed by atoms with Crippen molar-refractivity contribution in [3.63, 3.8) is 0 Å². The van der Waals surface area contributed by atoms with E-state index < -0.39 is 6.04 Å². The number of pyridine rings is 1. The van der Waals surface area contributed by atoms with Gasteiger partial charge >= 0.3 is 0 Å². The Labute approximate surface area is 222 Å². The smallest absolute Gasteiger partial charge is 0.241 e. The second-order valence-corrected chi connectivity index (χ2v) is 8.51. The predicted octanol–water partition coefficient (Wildman–Crippen LogP) is 5.67. The van der Waals surface area contributed by atoms with Gasteiger partial charge in [0, 0.05) is 34.9 Å². The number of carbonyl (C=O) groups excluding carboxylic acids is 1. The van der Waals surface area contributed by atoms with Gasteiger partial charge in [-0.05, 0) is 47.4 Å². The van der Waals surface area contributed by atoms with Crippen LogP contribution in [0.25, 0.3) is 34.0 Å². The highest BCUT2D eigenvalue weighted by Crippen LogP contribution is 2.20. The van der Waals surface area contributed by atoms with Crippen molar-refractivity contribution in [2.75, 3.05) is 5.32 Å². The minimum Gasteiger partial charge on any atom is -0.361 e. The van der Waals surface area contributed by atoms with E-state index in [0.29, 0.717) is 6.42 Å². The lowest BCUT2D eigenvalue weighted by molar-refractivity contribution is -0.644. The third kappa shape index (κ3) is 5.77. The first kappa shape index (κ1) is 27.0. The Morgan fingerprint density at radius 3 is 2.42 bits per heavy atom. The molecule has 0 unspecified atom stereocenters. The number of aromatic nitrogens is 2. The van der Waals surface area contributed by atoms with E-state index in [4.69, 9.17) is 5.73 Å². The Balaban J connectivity index is 0.00000180. The molecule has 4 N–H and O–H groups in total. The molecule has 36 heavy (non-hydrogen) atoms. The van der Waals surface area contributed by atoms with Crippen molar-refractivity contribution in [3.05, 3.63) is 108 Å². The van der Waals surface area contributed by atoms with Gasteiger partial charge in [-0.25, -0.2) is 4.57 Å². The first-order valence-corrected chi connectivity index (χ1v) is 11.4. The van der Waals surface area contributed by atoms with E-state index in [-0.39, 0.29) is 30.7 Å². The number of hydrogen-bond acceptors (Lipinski definition) is 2. The van der Waals surface area contributed by atoms with Crippen LogP contribution in [0.2, 0.25) is 0 Å². The molecule has 2 heterocycles. The van der Waals surface area contributed by atoms with Gasteiger partial charge in [0.1, 0.15) is 7.05 Å². The van der Waals surface area contributed by atoms with Crippen LogP contribution in [0.15, 0.2) is 91.3 Å². The lowest BCUT2D eigenvalue weighted by Gasteiger charge is -2.12. The molecule has 5 rings (SSSR count). The zero-order valence-electron chi connectivity index (χ0n) is 19.8. The number of anilines is 1. The van der Waals surface area contributed by atoms with Crippen molar-refractivity contribution in [2.45, 2.75) is 12.5 Å². The van der Waals surface area contributed by atoms with Crippen molar-refractivity contribution < 1.29 is 9.36 Å². The molecule has 184 valence electrons. The van der Waals surface area contributed by atoms with Crippen LogP contribution in [-0.2, 0) is 18.3 Å². The molecule has 0 spiro atoms. The van der Waals surface area contributed by atoms with E-state index in [2.05, 4.69) is 70.6 Å².